The second kappa shape index (κ2) is 7.94. The molecular weight excluding hydrogens is 376 g/mol. The number of likely N-dealkylation sites (tertiary alicyclic amines) is 1. The van der Waals surface area contributed by atoms with Gasteiger partial charge in [-0.15, -0.1) is 21.5 Å². The van der Waals surface area contributed by atoms with Crippen LogP contribution in [0.15, 0.2) is 35.4 Å². The maximum absolute atomic E-state index is 12.5. The van der Waals surface area contributed by atoms with Gasteiger partial charge in [0, 0.05) is 18.7 Å². The fourth-order valence-corrected chi connectivity index (χ4v) is 5.10. The summed E-state index contributed by atoms with van der Waals surface area (Å²) in [6.45, 7) is 5.98. The lowest BCUT2D eigenvalue weighted by Gasteiger charge is -2.30. The lowest BCUT2D eigenvalue weighted by atomic mass is 9.99. The molecule has 0 aliphatic carbocycles. The largest absolute Gasteiger partial charge is 0.342 e. The third-order valence-corrected chi connectivity index (χ3v) is 6.83. The van der Waals surface area contributed by atoms with Crippen LogP contribution in [0.3, 0.4) is 0 Å². The van der Waals surface area contributed by atoms with E-state index in [2.05, 4.69) is 22.1 Å². The lowest BCUT2D eigenvalue weighted by molar-refractivity contribution is -0.129. The van der Waals surface area contributed by atoms with Crippen molar-refractivity contribution >= 4 is 39.2 Å². The maximum atomic E-state index is 12.5. The molecule has 2 aromatic heterocycles. The van der Waals surface area contributed by atoms with E-state index in [1.807, 2.05) is 42.2 Å². The first-order chi connectivity index (χ1) is 13.1. The van der Waals surface area contributed by atoms with Crippen LogP contribution in [0, 0.1) is 12.8 Å². The van der Waals surface area contributed by atoms with Crippen molar-refractivity contribution in [1.82, 2.24) is 20.1 Å². The van der Waals surface area contributed by atoms with Crippen LogP contribution in [-0.2, 0) is 4.79 Å². The number of thiazole rings is 1. The molecule has 0 spiro atoms. The van der Waals surface area contributed by atoms with Crippen LogP contribution in [-0.4, -0.2) is 44.8 Å². The third kappa shape index (κ3) is 3.99. The maximum Gasteiger partial charge on any atom is 0.232 e. The van der Waals surface area contributed by atoms with Crippen molar-refractivity contribution in [1.29, 1.82) is 0 Å². The zero-order valence-electron chi connectivity index (χ0n) is 15.5. The highest BCUT2D eigenvalue weighted by Crippen LogP contribution is 2.35. The topological polar surface area (TPSA) is 59.0 Å². The van der Waals surface area contributed by atoms with Gasteiger partial charge in [0.25, 0.3) is 0 Å². The number of thioether (sulfide) groups is 1. The monoisotopic (exact) mass is 398 g/mol. The Morgan fingerprint density at radius 2 is 1.96 bits per heavy atom. The number of hydrogen-bond acceptors (Lipinski definition) is 6. The molecule has 0 atom stereocenters. The molecule has 1 aliphatic rings. The van der Waals surface area contributed by atoms with Crippen LogP contribution >= 0.6 is 23.1 Å². The average Bonchev–Trinajstić information content (AvgIpc) is 3.08. The van der Waals surface area contributed by atoms with E-state index < -0.39 is 0 Å². The van der Waals surface area contributed by atoms with Gasteiger partial charge in [-0.05, 0) is 25.7 Å². The summed E-state index contributed by atoms with van der Waals surface area (Å²) in [5.41, 5.74) is 2.75. The van der Waals surface area contributed by atoms with Crippen molar-refractivity contribution in [2.45, 2.75) is 31.7 Å². The number of amides is 1. The Morgan fingerprint density at radius 3 is 2.70 bits per heavy atom. The summed E-state index contributed by atoms with van der Waals surface area (Å²) in [5.74, 6) is 1.29. The first-order valence-corrected chi connectivity index (χ1v) is 11.0. The Labute approximate surface area is 167 Å². The Hall–Kier alpha value is -1.99. The minimum absolute atomic E-state index is 0.181. The Balaban J connectivity index is 1.55. The van der Waals surface area contributed by atoms with Crippen molar-refractivity contribution in [3.63, 3.8) is 0 Å². The molecular formula is C20H22N4OS2. The van der Waals surface area contributed by atoms with Crippen LogP contribution in [0.4, 0.5) is 0 Å². The van der Waals surface area contributed by atoms with E-state index in [0.717, 1.165) is 63.4 Å². The number of piperidine rings is 1. The lowest BCUT2D eigenvalue weighted by Crippen LogP contribution is -2.38. The van der Waals surface area contributed by atoms with Crippen molar-refractivity contribution in [2.24, 2.45) is 5.92 Å². The van der Waals surface area contributed by atoms with Crippen LogP contribution in [0.1, 0.15) is 24.8 Å². The summed E-state index contributed by atoms with van der Waals surface area (Å²) in [6, 6.07) is 10.1. The van der Waals surface area contributed by atoms with Gasteiger partial charge in [-0.3, -0.25) is 4.79 Å². The van der Waals surface area contributed by atoms with E-state index in [1.54, 1.807) is 11.3 Å². The molecule has 7 heteroatoms. The van der Waals surface area contributed by atoms with Crippen molar-refractivity contribution in [2.75, 3.05) is 18.8 Å². The zero-order valence-corrected chi connectivity index (χ0v) is 17.1. The molecule has 0 unspecified atom stereocenters. The highest BCUT2D eigenvalue weighted by Gasteiger charge is 2.22. The number of benzene rings is 1. The number of aryl methyl sites for hydroxylation is 1. The van der Waals surface area contributed by atoms with E-state index >= 15 is 0 Å². The number of carbonyl (C=O) groups excluding carboxylic acids is 1. The molecule has 4 rings (SSSR count). The Kier molecular flexibility index (Phi) is 5.41. The number of aromatic nitrogens is 3. The standard InChI is InChI=1S/C20H22N4OS2/c1-13-8-10-24(11-9-13)16(25)12-26-20-18-19(27-14(2)21-18)17(22-23-20)15-6-4-3-5-7-15/h3-7,13H,8-12H2,1-2H3. The van der Waals surface area contributed by atoms with Gasteiger partial charge >= 0.3 is 0 Å². The summed E-state index contributed by atoms with van der Waals surface area (Å²) >= 11 is 3.08. The molecule has 1 aliphatic heterocycles. The van der Waals surface area contributed by atoms with Crippen LogP contribution in [0.5, 0.6) is 0 Å². The van der Waals surface area contributed by atoms with Crippen LogP contribution in [0.25, 0.3) is 21.5 Å². The molecule has 3 heterocycles. The van der Waals surface area contributed by atoms with E-state index in [-0.39, 0.29) is 5.91 Å². The molecule has 1 fully saturated rings. The molecule has 1 aromatic carbocycles. The average molecular weight is 399 g/mol. The SMILES string of the molecule is Cc1nc2c(SCC(=O)N3CCC(C)CC3)nnc(-c3ccccc3)c2s1. The van der Waals surface area contributed by atoms with E-state index in [9.17, 15) is 4.79 Å². The smallest absolute Gasteiger partial charge is 0.232 e. The summed E-state index contributed by atoms with van der Waals surface area (Å²) in [4.78, 5) is 19.2. The Bertz CT molecular complexity index is 949. The minimum atomic E-state index is 0.181. The fourth-order valence-electron chi connectivity index (χ4n) is 3.28. The van der Waals surface area contributed by atoms with Gasteiger partial charge in [0.1, 0.15) is 16.2 Å². The number of nitrogens with zero attached hydrogens (tertiary/aromatic N) is 4. The predicted molar refractivity (Wildman–Crippen MR) is 111 cm³/mol. The summed E-state index contributed by atoms with van der Waals surface area (Å²) in [7, 11) is 0. The zero-order chi connectivity index (χ0) is 18.8. The molecule has 1 saturated heterocycles. The van der Waals surface area contributed by atoms with E-state index in [4.69, 9.17) is 0 Å². The molecule has 27 heavy (non-hydrogen) atoms. The van der Waals surface area contributed by atoms with Crippen molar-refractivity contribution < 1.29 is 4.79 Å². The van der Waals surface area contributed by atoms with Gasteiger partial charge in [0.15, 0.2) is 0 Å². The van der Waals surface area contributed by atoms with Gasteiger partial charge < -0.3 is 4.90 Å². The quantitative estimate of drug-likeness (QED) is 0.609. The van der Waals surface area contributed by atoms with Gasteiger partial charge in [-0.1, -0.05) is 49.0 Å². The molecule has 1 amide bonds. The third-order valence-electron chi connectivity index (χ3n) is 4.91. The molecule has 0 saturated carbocycles. The minimum Gasteiger partial charge on any atom is -0.342 e. The number of fused-ring (bicyclic) bond motifs is 1. The van der Waals surface area contributed by atoms with Gasteiger partial charge in [-0.25, -0.2) is 4.98 Å². The van der Waals surface area contributed by atoms with E-state index in [1.165, 1.54) is 11.8 Å². The molecule has 5 nitrogen and oxygen atoms in total. The molecule has 0 bridgehead atoms. The first kappa shape index (κ1) is 18.4. The second-order valence-corrected chi connectivity index (χ2v) is 9.15. The fraction of sp³-hybridized carbons (Fsp3) is 0.400. The summed E-state index contributed by atoms with van der Waals surface area (Å²) < 4.78 is 1.04. The second-order valence-electron chi connectivity index (χ2n) is 6.98. The first-order valence-electron chi connectivity index (χ1n) is 9.21. The Morgan fingerprint density at radius 1 is 1.22 bits per heavy atom. The summed E-state index contributed by atoms with van der Waals surface area (Å²) in [5, 5.41) is 10.6. The van der Waals surface area contributed by atoms with Gasteiger partial charge in [-0.2, -0.15) is 0 Å². The van der Waals surface area contributed by atoms with Crippen molar-refractivity contribution in [3.05, 3.63) is 35.3 Å². The number of hydrogen-bond donors (Lipinski definition) is 0. The van der Waals surface area contributed by atoms with Crippen molar-refractivity contribution in [3.8, 4) is 11.3 Å². The van der Waals surface area contributed by atoms with Gasteiger partial charge in [0.05, 0.1) is 15.5 Å². The normalized spacial score (nSPS) is 15.4. The molecule has 0 radical (unpaired) electrons. The molecule has 0 N–H and O–H groups in total. The van der Waals surface area contributed by atoms with E-state index in [0.29, 0.717) is 5.75 Å². The predicted octanol–water partition coefficient (Wildman–Crippen LogP) is 4.41. The molecule has 3 aromatic rings. The van der Waals surface area contributed by atoms with Crippen LogP contribution in [0.2, 0.25) is 0 Å². The number of rotatable bonds is 4. The highest BCUT2D eigenvalue weighted by molar-refractivity contribution is 8.00. The highest BCUT2D eigenvalue weighted by atomic mass is 32.2. The number of carbonyl (C=O) groups is 1. The molecule has 140 valence electrons. The van der Waals surface area contributed by atoms with Crippen LogP contribution < -0.4 is 0 Å². The van der Waals surface area contributed by atoms with Gasteiger partial charge in [0.2, 0.25) is 5.91 Å². The summed E-state index contributed by atoms with van der Waals surface area (Å²) in [6.07, 6.45) is 2.19.